The topological polar surface area (TPSA) is 62.6 Å². The number of rotatable bonds is 4. The molecule has 0 bridgehead atoms. The van der Waals surface area contributed by atoms with Crippen LogP contribution in [0.25, 0.3) is 11.0 Å². The number of imidazole rings is 1. The standard InChI is InChI=1S/C19H18N2O4S/c1-23-14-8-11(9-15(24-2)18(14)25-3)16-10-17(22)21-13-7-5-4-6-12(13)20-19(21)26-16/h4-9,16H,10H2,1-3H3/t16-/m0/s1. The summed E-state index contributed by atoms with van der Waals surface area (Å²) in [5.74, 6) is 1.73. The number of nitrogens with zero attached hydrogens (tertiary/aromatic N) is 2. The van der Waals surface area contributed by atoms with Crippen molar-refractivity contribution in [3.63, 3.8) is 0 Å². The second-order valence-electron chi connectivity index (χ2n) is 5.88. The van der Waals surface area contributed by atoms with Gasteiger partial charge < -0.3 is 14.2 Å². The van der Waals surface area contributed by atoms with Gasteiger partial charge in [0.2, 0.25) is 11.7 Å². The molecule has 0 saturated heterocycles. The Labute approximate surface area is 155 Å². The number of carbonyl (C=O) groups excluding carboxylic acids is 1. The van der Waals surface area contributed by atoms with Crippen LogP contribution in [0.1, 0.15) is 22.0 Å². The van der Waals surface area contributed by atoms with Gasteiger partial charge in [-0.3, -0.25) is 9.36 Å². The molecule has 0 saturated carbocycles. The average Bonchev–Trinajstić information content (AvgIpc) is 3.05. The molecule has 2 aromatic carbocycles. The molecule has 1 aliphatic heterocycles. The van der Waals surface area contributed by atoms with Gasteiger partial charge in [0.25, 0.3) is 0 Å². The predicted octanol–water partition coefficient (Wildman–Crippen LogP) is 3.94. The summed E-state index contributed by atoms with van der Waals surface area (Å²) in [6.45, 7) is 0. The fourth-order valence-corrected chi connectivity index (χ4v) is 4.43. The maximum atomic E-state index is 12.8. The lowest BCUT2D eigenvalue weighted by Gasteiger charge is -2.23. The Morgan fingerprint density at radius 3 is 2.42 bits per heavy atom. The minimum absolute atomic E-state index is 0.0335. The van der Waals surface area contributed by atoms with Crippen molar-refractivity contribution in [3.05, 3.63) is 42.0 Å². The third-order valence-corrected chi connectivity index (χ3v) is 5.65. The van der Waals surface area contributed by atoms with Crippen LogP contribution < -0.4 is 14.2 Å². The summed E-state index contributed by atoms with van der Waals surface area (Å²) in [7, 11) is 4.74. The molecule has 0 radical (unpaired) electrons. The molecule has 1 aliphatic rings. The molecule has 0 spiro atoms. The molecule has 0 unspecified atom stereocenters. The lowest BCUT2D eigenvalue weighted by atomic mass is 10.1. The van der Waals surface area contributed by atoms with Crippen LogP contribution in [0.3, 0.4) is 0 Å². The van der Waals surface area contributed by atoms with Crippen LogP contribution in [0, 0.1) is 0 Å². The van der Waals surface area contributed by atoms with E-state index >= 15 is 0 Å². The molecule has 0 fully saturated rings. The number of benzene rings is 2. The van der Waals surface area contributed by atoms with Gasteiger partial charge in [0.1, 0.15) is 0 Å². The molecule has 6 nitrogen and oxygen atoms in total. The fourth-order valence-electron chi connectivity index (χ4n) is 3.22. The molecule has 1 atom stereocenters. The minimum Gasteiger partial charge on any atom is -0.493 e. The molecule has 2 heterocycles. The Balaban J connectivity index is 1.77. The maximum absolute atomic E-state index is 12.8. The first-order valence-corrected chi connectivity index (χ1v) is 9.01. The predicted molar refractivity (Wildman–Crippen MR) is 99.7 cm³/mol. The monoisotopic (exact) mass is 370 g/mol. The van der Waals surface area contributed by atoms with E-state index in [1.165, 1.54) is 0 Å². The van der Waals surface area contributed by atoms with Gasteiger partial charge in [0, 0.05) is 11.7 Å². The maximum Gasteiger partial charge on any atom is 0.234 e. The van der Waals surface area contributed by atoms with Crippen molar-refractivity contribution >= 4 is 28.7 Å². The van der Waals surface area contributed by atoms with Crippen molar-refractivity contribution < 1.29 is 19.0 Å². The largest absolute Gasteiger partial charge is 0.493 e. The Hall–Kier alpha value is -2.67. The Kier molecular flexibility index (Phi) is 4.24. The van der Waals surface area contributed by atoms with Crippen molar-refractivity contribution in [1.29, 1.82) is 0 Å². The number of hydrogen-bond acceptors (Lipinski definition) is 6. The number of methoxy groups -OCH3 is 3. The molecule has 0 N–H and O–H groups in total. The van der Waals surface area contributed by atoms with Crippen molar-refractivity contribution in [3.8, 4) is 17.2 Å². The van der Waals surface area contributed by atoms with Crippen LogP contribution in [-0.2, 0) is 0 Å². The van der Waals surface area contributed by atoms with Crippen molar-refractivity contribution in [2.24, 2.45) is 0 Å². The summed E-state index contributed by atoms with van der Waals surface area (Å²) in [6, 6.07) is 11.5. The first kappa shape index (κ1) is 16.8. The van der Waals surface area contributed by atoms with Crippen LogP contribution in [-0.4, -0.2) is 36.8 Å². The molecule has 4 rings (SSSR count). The summed E-state index contributed by atoms with van der Waals surface area (Å²) >= 11 is 1.57. The number of ether oxygens (including phenoxy) is 3. The van der Waals surface area contributed by atoms with E-state index in [4.69, 9.17) is 14.2 Å². The summed E-state index contributed by atoms with van der Waals surface area (Å²) in [6.07, 6.45) is 0.372. The fraction of sp³-hybridized carbons (Fsp3) is 0.263. The summed E-state index contributed by atoms with van der Waals surface area (Å²) in [5.41, 5.74) is 2.62. The van der Waals surface area contributed by atoms with Crippen molar-refractivity contribution in [2.75, 3.05) is 21.3 Å². The molecule has 3 aromatic rings. The minimum atomic E-state index is -0.0690. The van der Waals surface area contributed by atoms with E-state index in [2.05, 4.69) is 4.98 Å². The van der Waals surface area contributed by atoms with E-state index in [9.17, 15) is 4.79 Å². The Bertz CT molecular complexity index is 973. The summed E-state index contributed by atoms with van der Waals surface area (Å²) in [5, 5.41) is 0.640. The molecular formula is C19H18N2O4S. The van der Waals surface area contributed by atoms with Crippen LogP contribution in [0.2, 0.25) is 0 Å². The van der Waals surface area contributed by atoms with E-state index in [-0.39, 0.29) is 11.2 Å². The lowest BCUT2D eigenvalue weighted by Crippen LogP contribution is -2.19. The summed E-state index contributed by atoms with van der Waals surface area (Å²) < 4.78 is 17.9. The quantitative estimate of drug-likeness (QED) is 0.693. The highest BCUT2D eigenvalue weighted by atomic mass is 32.2. The average molecular weight is 370 g/mol. The van der Waals surface area contributed by atoms with Crippen LogP contribution in [0.15, 0.2) is 41.6 Å². The highest BCUT2D eigenvalue weighted by Crippen LogP contribution is 2.47. The first-order chi connectivity index (χ1) is 12.7. The van der Waals surface area contributed by atoms with E-state index in [1.54, 1.807) is 37.7 Å². The molecular weight excluding hydrogens is 352 g/mol. The molecule has 0 aliphatic carbocycles. The van der Waals surface area contributed by atoms with Gasteiger partial charge in [-0.05, 0) is 29.8 Å². The molecule has 7 heteroatoms. The Morgan fingerprint density at radius 2 is 1.77 bits per heavy atom. The van der Waals surface area contributed by atoms with E-state index < -0.39 is 0 Å². The zero-order valence-corrected chi connectivity index (χ0v) is 15.5. The third-order valence-electron chi connectivity index (χ3n) is 4.45. The van der Waals surface area contributed by atoms with E-state index in [0.717, 1.165) is 16.6 Å². The number of fused-ring (bicyclic) bond motifs is 3. The van der Waals surface area contributed by atoms with Gasteiger partial charge in [0.05, 0.1) is 32.4 Å². The smallest absolute Gasteiger partial charge is 0.234 e. The lowest BCUT2D eigenvalue weighted by molar-refractivity contribution is 0.0891. The molecule has 26 heavy (non-hydrogen) atoms. The van der Waals surface area contributed by atoms with Gasteiger partial charge in [-0.2, -0.15) is 0 Å². The number of hydrogen-bond donors (Lipinski definition) is 0. The number of thioether (sulfide) groups is 1. The zero-order valence-electron chi connectivity index (χ0n) is 14.7. The van der Waals surface area contributed by atoms with Crippen molar-refractivity contribution in [1.82, 2.24) is 9.55 Å². The van der Waals surface area contributed by atoms with Gasteiger partial charge in [-0.15, -0.1) is 0 Å². The Morgan fingerprint density at radius 1 is 1.08 bits per heavy atom. The van der Waals surface area contributed by atoms with Crippen LogP contribution >= 0.6 is 11.8 Å². The molecule has 0 amide bonds. The SMILES string of the molecule is COc1cc([C@@H]2CC(=O)n3c(nc4ccccc43)S2)cc(OC)c1OC. The molecule has 134 valence electrons. The van der Waals surface area contributed by atoms with Gasteiger partial charge >= 0.3 is 0 Å². The first-order valence-electron chi connectivity index (χ1n) is 8.13. The van der Waals surface area contributed by atoms with Crippen molar-refractivity contribution in [2.45, 2.75) is 16.8 Å². The van der Waals surface area contributed by atoms with Gasteiger partial charge in [-0.1, -0.05) is 23.9 Å². The normalized spacial score (nSPS) is 16.4. The third kappa shape index (κ3) is 2.59. The van der Waals surface area contributed by atoms with E-state index in [1.807, 2.05) is 36.4 Å². The van der Waals surface area contributed by atoms with Gasteiger partial charge in [-0.25, -0.2) is 4.98 Å². The highest BCUT2D eigenvalue weighted by Gasteiger charge is 2.31. The van der Waals surface area contributed by atoms with E-state index in [0.29, 0.717) is 28.8 Å². The zero-order chi connectivity index (χ0) is 18.3. The van der Waals surface area contributed by atoms with Crippen LogP contribution in [0.4, 0.5) is 0 Å². The second kappa shape index (κ2) is 6.57. The van der Waals surface area contributed by atoms with Crippen LogP contribution in [0.5, 0.6) is 17.2 Å². The van der Waals surface area contributed by atoms with Gasteiger partial charge in [0.15, 0.2) is 16.7 Å². The summed E-state index contributed by atoms with van der Waals surface area (Å²) in [4.78, 5) is 17.4. The number of aromatic nitrogens is 2. The highest BCUT2D eigenvalue weighted by molar-refractivity contribution is 7.99. The second-order valence-corrected chi connectivity index (χ2v) is 7.05. The molecule has 1 aromatic heterocycles. The number of para-hydroxylation sites is 2. The number of carbonyl (C=O) groups is 1.